The molecule has 25 heavy (non-hydrogen) atoms. The third-order valence-electron chi connectivity index (χ3n) is 5.37. The average Bonchev–Trinajstić information content (AvgIpc) is 3.30. The van der Waals surface area contributed by atoms with Gasteiger partial charge >= 0.3 is 0 Å². The van der Waals surface area contributed by atoms with Crippen LogP contribution in [0, 0.1) is 0 Å². The summed E-state index contributed by atoms with van der Waals surface area (Å²) < 4.78 is 12.8. The number of carbonyl (C=O) groups is 1. The van der Waals surface area contributed by atoms with E-state index in [4.69, 9.17) is 9.47 Å². The summed E-state index contributed by atoms with van der Waals surface area (Å²) >= 11 is 3.41. The molecule has 2 heterocycles. The first-order valence-electron chi connectivity index (χ1n) is 8.89. The first-order valence-corrected chi connectivity index (χ1v) is 9.68. The lowest BCUT2D eigenvalue weighted by atomic mass is 9.84. The summed E-state index contributed by atoms with van der Waals surface area (Å²) in [4.78, 5) is 15.1. The van der Waals surface area contributed by atoms with Gasteiger partial charge in [-0.3, -0.25) is 9.69 Å². The molecule has 3 aliphatic rings. The molecule has 0 aromatic heterocycles. The maximum absolute atomic E-state index is 12.7. The van der Waals surface area contributed by atoms with Crippen LogP contribution in [0.15, 0.2) is 40.9 Å². The number of hydrogen-bond acceptors (Lipinski definition) is 4. The Kier molecular flexibility index (Phi) is 4.95. The van der Waals surface area contributed by atoms with E-state index in [0.717, 1.165) is 36.8 Å². The van der Waals surface area contributed by atoms with Crippen LogP contribution in [-0.2, 0) is 9.47 Å². The highest BCUT2D eigenvalue weighted by Crippen LogP contribution is 2.38. The summed E-state index contributed by atoms with van der Waals surface area (Å²) in [5.74, 6) is -0.467. The number of benzene rings is 1. The second-order valence-corrected chi connectivity index (χ2v) is 7.85. The standard InChI is InChI=1S/C19H23BrN2O3/c20-15-5-3-14(4-6-15)18(23)21-16-7-8-19(24-11-12-25-19)13-17(16)22-9-1-2-10-22/h1-6,16-17H,7-13H2,(H,21,23). The van der Waals surface area contributed by atoms with Crippen molar-refractivity contribution >= 4 is 21.8 Å². The monoisotopic (exact) mass is 406 g/mol. The van der Waals surface area contributed by atoms with Crippen LogP contribution in [0.1, 0.15) is 29.6 Å². The maximum Gasteiger partial charge on any atom is 0.251 e. The molecule has 1 amide bonds. The SMILES string of the molecule is O=C(NC1CCC2(CC1N1CC=CC1)OCCO2)c1ccc(Br)cc1. The van der Waals surface area contributed by atoms with Gasteiger partial charge in [-0.25, -0.2) is 0 Å². The van der Waals surface area contributed by atoms with E-state index in [9.17, 15) is 4.79 Å². The van der Waals surface area contributed by atoms with Gasteiger partial charge in [-0.2, -0.15) is 0 Å². The molecular formula is C19H23BrN2O3. The lowest BCUT2D eigenvalue weighted by molar-refractivity contribution is -0.191. The van der Waals surface area contributed by atoms with E-state index in [1.165, 1.54) is 0 Å². The van der Waals surface area contributed by atoms with Crippen LogP contribution in [0.25, 0.3) is 0 Å². The highest BCUT2D eigenvalue weighted by Gasteiger charge is 2.47. The highest BCUT2D eigenvalue weighted by molar-refractivity contribution is 9.10. The van der Waals surface area contributed by atoms with Crippen molar-refractivity contribution in [1.82, 2.24) is 10.2 Å². The van der Waals surface area contributed by atoms with Crippen molar-refractivity contribution in [1.29, 1.82) is 0 Å². The van der Waals surface area contributed by atoms with Gasteiger partial charge in [-0.1, -0.05) is 28.1 Å². The summed E-state index contributed by atoms with van der Waals surface area (Å²) in [5, 5.41) is 3.25. The summed E-state index contributed by atoms with van der Waals surface area (Å²) in [6.45, 7) is 3.18. The van der Waals surface area contributed by atoms with E-state index in [-0.39, 0.29) is 18.0 Å². The summed E-state index contributed by atoms with van der Waals surface area (Å²) in [6, 6.07) is 7.81. The fourth-order valence-electron chi connectivity index (χ4n) is 4.06. The molecule has 1 N–H and O–H groups in total. The number of amides is 1. The van der Waals surface area contributed by atoms with Gasteiger partial charge in [0.15, 0.2) is 5.79 Å². The second-order valence-electron chi connectivity index (χ2n) is 6.93. The Balaban J connectivity index is 1.48. The average molecular weight is 407 g/mol. The molecule has 1 saturated carbocycles. The number of hydrogen-bond donors (Lipinski definition) is 1. The Hall–Kier alpha value is -1.21. The molecule has 2 fully saturated rings. The number of nitrogens with one attached hydrogen (secondary N) is 1. The Morgan fingerprint density at radius 3 is 2.52 bits per heavy atom. The first kappa shape index (κ1) is 17.2. The number of rotatable bonds is 3. The van der Waals surface area contributed by atoms with E-state index in [1.54, 1.807) is 0 Å². The minimum absolute atomic E-state index is 0.0149. The quantitative estimate of drug-likeness (QED) is 0.783. The van der Waals surface area contributed by atoms with Crippen LogP contribution in [0.2, 0.25) is 0 Å². The molecule has 5 nitrogen and oxygen atoms in total. The topological polar surface area (TPSA) is 50.8 Å². The molecule has 2 atom stereocenters. The molecule has 2 unspecified atom stereocenters. The van der Waals surface area contributed by atoms with Gasteiger partial charge in [0.2, 0.25) is 0 Å². The molecule has 2 aliphatic heterocycles. The third-order valence-corrected chi connectivity index (χ3v) is 5.90. The van der Waals surface area contributed by atoms with Crippen LogP contribution in [0.3, 0.4) is 0 Å². The Bertz CT molecular complexity index is 647. The number of ether oxygens (including phenoxy) is 2. The number of halogens is 1. The minimum Gasteiger partial charge on any atom is -0.348 e. The lowest BCUT2D eigenvalue weighted by Crippen LogP contribution is -2.58. The van der Waals surface area contributed by atoms with Crippen LogP contribution in [0.4, 0.5) is 0 Å². The summed E-state index contributed by atoms with van der Waals surface area (Å²) in [5.41, 5.74) is 0.690. The van der Waals surface area contributed by atoms with Gasteiger partial charge in [0.25, 0.3) is 5.91 Å². The highest BCUT2D eigenvalue weighted by atomic mass is 79.9. The molecule has 1 aliphatic carbocycles. The second kappa shape index (κ2) is 7.19. The molecule has 6 heteroatoms. The van der Waals surface area contributed by atoms with Crippen molar-refractivity contribution in [3.05, 3.63) is 46.5 Å². The van der Waals surface area contributed by atoms with Gasteiger partial charge in [0.05, 0.1) is 13.2 Å². The van der Waals surface area contributed by atoms with Crippen molar-refractivity contribution in [3.63, 3.8) is 0 Å². The zero-order valence-corrected chi connectivity index (χ0v) is 15.7. The van der Waals surface area contributed by atoms with Crippen LogP contribution in [0.5, 0.6) is 0 Å². The van der Waals surface area contributed by atoms with Crippen molar-refractivity contribution < 1.29 is 14.3 Å². The van der Waals surface area contributed by atoms with Crippen LogP contribution in [-0.4, -0.2) is 55.0 Å². The molecule has 4 rings (SSSR count). The van der Waals surface area contributed by atoms with Gasteiger partial charge in [-0.15, -0.1) is 0 Å². The maximum atomic E-state index is 12.7. The van der Waals surface area contributed by atoms with Gasteiger partial charge < -0.3 is 14.8 Å². The number of carbonyl (C=O) groups excluding carboxylic acids is 1. The molecule has 1 spiro atoms. The van der Waals surface area contributed by atoms with E-state index >= 15 is 0 Å². The smallest absolute Gasteiger partial charge is 0.251 e. The molecule has 1 aromatic rings. The van der Waals surface area contributed by atoms with Crippen LogP contribution >= 0.6 is 15.9 Å². The Labute approximate surface area is 156 Å². The van der Waals surface area contributed by atoms with E-state index in [2.05, 4.69) is 38.3 Å². The molecule has 134 valence electrons. The van der Waals surface area contributed by atoms with Gasteiger partial charge in [0.1, 0.15) is 0 Å². The van der Waals surface area contributed by atoms with Crippen LogP contribution < -0.4 is 5.32 Å². The van der Waals surface area contributed by atoms with Crippen molar-refractivity contribution in [3.8, 4) is 0 Å². The van der Waals surface area contributed by atoms with Crippen molar-refractivity contribution in [2.24, 2.45) is 0 Å². The fraction of sp³-hybridized carbons (Fsp3) is 0.526. The normalized spacial score (nSPS) is 28.5. The summed E-state index contributed by atoms with van der Waals surface area (Å²) in [7, 11) is 0. The fourth-order valence-corrected chi connectivity index (χ4v) is 4.32. The molecule has 1 aromatic carbocycles. The zero-order chi connectivity index (χ0) is 17.3. The molecular weight excluding hydrogens is 384 g/mol. The molecule has 1 saturated heterocycles. The minimum atomic E-state index is -0.452. The van der Waals surface area contributed by atoms with Crippen molar-refractivity contribution in [2.45, 2.75) is 37.1 Å². The Morgan fingerprint density at radius 1 is 1.16 bits per heavy atom. The largest absolute Gasteiger partial charge is 0.348 e. The third kappa shape index (κ3) is 3.67. The zero-order valence-electron chi connectivity index (χ0n) is 14.1. The predicted octanol–water partition coefficient (Wildman–Crippen LogP) is 2.71. The van der Waals surface area contributed by atoms with E-state index in [1.807, 2.05) is 24.3 Å². The molecule has 0 bridgehead atoms. The van der Waals surface area contributed by atoms with Gasteiger partial charge in [0, 0.05) is 48.1 Å². The van der Waals surface area contributed by atoms with E-state index in [0.29, 0.717) is 18.8 Å². The number of nitrogens with zero attached hydrogens (tertiary/aromatic N) is 1. The lowest BCUT2D eigenvalue weighted by Gasteiger charge is -2.45. The van der Waals surface area contributed by atoms with Crippen molar-refractivity contribution in [2.75, 3.05) is 26.3 Å². The summed E-state index contributed by atoms with van der Waals surface area (Å²) in [6.07, 6.45) is 6.87. The first-order chi connectivity index (χ1) is 12.2. The van der Waals surface area contributed by atoms with Gasteiger partial charge in [-0.05, 0) is 30.7 Å². The molecule has 0 radical (unpaired) electrons. The predicted molar refractivity (Wildman–Crippen MR) is 98.4 cm³/mol. The van der Waals surface area contributed by atoms with E-state index < -0.39 is 5.79 Å². The Morgan fingerprint density at radius 2 is 1.84 bits per heavy atom.